The number of pyridine rings is 1. The molecule has 1 amide bonds. The average molecular weight is 416 g/mol. The van der Waals surface area contributed by atoms with Crippen molar-refractivity contribution in [1.29, 1.82) is 0 Å². The molecule has 5 heteroatoms. The monoisotopic (exact) mass is 415 g/mol. The second kappa shape index (κ2) is 10.8. The standard InChI is InChI=1S/C26H29N3O2/c30-26-20-28(16-14-22-9-3-1-4-10-22)18-25(31-21-24-13-7-8-15-27-24)19-29(26)17-23-11-5-2-6-12-23/h1-13,15,25H,14,16-21H2. The maximum Gasteiger partial charge on any atom is 0.237 e. The Kier molecular flexibility index (Phi) is 7.42. The fourth-order valence-electron chi connectivity index (χ4n) is 3.90. The summed E-state index contributed by atoms with van der Waals surface area (Å²) >= 11 is 0. The highest BCUT2D eigenvalue weighted by atomic mass is 16.5. The van der Waals surface area contributed by atoms with Crippen LogP contribution in [-0.4, -0.2) is 53.0 Å². The van der Waals surface area contributed by atoms with Crippen molar-refractivity contribution >= 4 is 5.91 Å². The molecule has 3 aromatic rings. The number of hydrogen-bond acceptors (Lipinski definition) is 4. The molecule has 0 aliphatic carbocycles. The first-order valence-electron chi connectivity index (χ1n) is 10.9. The first-order valence-corrected chi connectivity index (χ1v) is 10.9. The molecule has 0 N–H and O–H groups in total. The zero-order valence-electron chi connectivity index (χ0n) is 17.8. The summed E-state index contributed by atoms with van der Waals surface area (Å²) in [5.41, 5.74) is 3.33. The summed E-state index contributed by atoms with van der Waals surface area (Å²) in [5.74, 6) is 0.154. The van der Waals surface area contributed by atoms with E-state index in [2.05, 4.69) is 46.3 Å². The molecular weight excluding hydrogens is 386 g/mol. The van der Waals surface area contributed by atoms with Crippen molar-refractivity contribution in [1.82, 2.24) is 14.8 Å². The Balaban J connectivity index is 1.44. The molecule has 2 heterocycles. The molecule has 0 saturated carbocycles. The van der Waals surface area contributed by atoms with E-state index in [1.807, 2.05) is 47.4 Å². The zero-order chi connectivity index (χ0) is 21.3. The lowest BCUT2D eigenvalue weighted by Gasteiger charge is -2.25. The van der Waals surface area contributed by atoms with Crippen LogP contribution < -0.4 is 0 Å². The van der Waals surface area contributed by atoms with Crippen LogP contribution in [0, 0.1) is 0 Å². The molecule has 1 aliphatic heterocycles. The van der Waals surface area contributed by atoms with Gasteiger partial charge in [-0.1, -0.05) is 66.7 Å². The van der Waals surface area contributed by atoms with Gasteiger partial charge in [0.1, 0.15) is 0 Å². The smallest absolute Gasteiger partial charge is 0.237 e. The van der Waals surface area contributed by atoms with Gasteiger partial charge in [0.2, 0.25) is 5.91 Å². The fraction of sp³-hybridized carbons (Fsp3) is 0.308. The van der Waals surface area contributed by atoms with Gasteiger partial charge in [0.15, 0.2) is 0 Å². The summed E-state index contributed by atoms with van der Waals surface area (Å²) in [4.78, 5) is 21.6. The highest BCUT2D eigenvalue weighted by Crippen LogP contribution is 2.14. The van der Waals surface area contributed by atoms with Gasteiger partial charge in [-0.15, -0.1) is 0 Å². The minimum Gasteiger partial charge on any atom is -0.369 e. The molecule has 1 fully saturated rings. The summed E-state index contributed by atoms with van der Waals surface area (Å²) in [6.07, 6.45) is 2.64. The van der Waals surface area contributed by atoms with Crippen LogP contribution in [0.5, 0.6) is 0 Å². The van der Waals surface area contributed by atoms with Crippen LogP contribution in [0.1, 0.15) is 16.8 Å². The van der Waals surface area contributed by atoms with Crippen LogP contribution in [0.4, 0.5) is 0 Å². The van der Waals surface area contributed by atoms with Crippen LogP contribution in [-0.2, 0) is 29.1 Å². The van der Waals surface area contributed by atoms with Crippen molar-refractivity contribution in [2.75, 3.05) is 26.2 Å². The zero-order valence-corrected chi connectivity index (χ0v) is 17.8. The number of rotatable bonds is 8. The van der Waals surface area contributed by atoms with Gasteiger partial charge >= 0.3 is 0 Å². The van der Waals surface area contributed by atoms with Crippen molar-refractivity contribution < 1.29 is 9.53 Å². The molecule has 4 rings (SSSR count). The van der Waals surface area contributed by atoms with Gasteiger partial charge in [-0.2, -0.15) is 0 Å². The van der Waals surface area contributed by atoms with Crippen molar-refractivity contribution in [2.45, 2.75) is 25.7 Å². The highest BCUT2D eigenvalue weighted by molar-refractivity contribution is 5.78. The third kappa shape index (κ3) is 6.48. The first kappa shape index (κ1) is 21.2. The summed E-state index contributed by atoms with van der Waals surface area (Å²) < 4.78 is 6.25. The van der Waals surface area contributed by atoms with Gasteiger partial charge in [0, 0.05) is 32.4 Å². The molecule has 160 valence electrons. The second-order valence-electron chi connectivity index (χ2n) is 7.98. The fourth-order valence-corrected chi connectivity index (χ4v) is 3.90. The third-order valence-corrected chi connectivity index (χ3v) is 5.57. The van der Waals surface area contributed by atoms with E-state index < -0.39 is 0 Å². The van der Waals surface area contributed by atoms with Crippen LogP contribution in [0.15, 0.2) is 85.1 Å². The van der Waals surface area contributed by atoms with Gasteiger partial charge in [-0.25, -0.2) is 0 Å². The third-order valence-electron chi connectivity index (χ3n) is 5.57. The van der Waals surface area contributed by atoms with E-state index in [1.165, 1.54) is 5.56 Å². The molecule has 5 nitrogen and oxygen atoms in total. The minimum absolute atomic E-state index is 0.0621. The van der Waals surface area contributed by atoms with E-state index in [0.717, 1.165) is 30.8 Å². The molecule has 1 aromatic heterocycles. The molecule has 1 unspecified atom stereocenters. The number of carbonyl (C=O) groups excluding carboxylic acids is 1. The summed E-state index contributed by atoms with van der Waals surface area (Å²) in [6, 6.07) is 26.4. The molecule has 1 saturated heterocycles. The summed E-state index contributed by atoms with van der Waals surface area (Å²) in [7, 11) is 0. The summed E-state index contributed by atoms with van der Waals surface area (Å²) in [5, 5.41) is 0. The summed E-state index contributed by atoms with van der Waals surface area (Å²) in [6.45, 7) is 3.63. The predicted octanol–water partition coefficient (Wildman–Crippen LogP) is 3.55. The van der Waals surface area contributed by atoms with Crippen LogP contribution in [0.25, 0.3) is 0 Å². The van der Waals surface area contributed by atoms with E-state index >= 15 is 0 Å². The number of hydrogen-bond donors (Lipinski definition) is 0. The maximum absolute atomic E-state index is 13.1. The van der Waals surface area contributed by atoms with Gasteiger partial charge in [0.05, 0.1) is 24.9 Å². The van der Waals surface area contributed by atoms with Crippen molar-refractivity contribution in [3.8, 4) is 0 Å². The topological polar surface area (TPSA) is 45.7 Å². The number of aromatic nitrogens is 1. The molecule has 2 aromatic carbocycles. The number of nitrogens with zero attached hydrogens (tertiary/aromatic N) is 3. The Morgan fingerprint density at radius 2 is 1.58 bits per heavy atom. The highest BCUT2D eigenvalue weighted by Gasteiger charge is 2.28. The van der Waals surface area contributed by atoms with Crippen molar-refractivity contribution in [3.05, 3.63) is 102 Å². The van der Waals surface area contributed by atoms with E-state index in [0.29, 0.717) is 26.2 Å². The number of benzene rings is 2. The molecule has 0 bridgehead atoms. The largest absolute Gasteiger partial charge is 0.369 e. The van der Waals surface area contributed by atoms with Crippen LogP contribution in [0.2, 0.25) is 0 Å². The molecule has 0 radical (unpaired) electrons. The number of carbonyl (C=O) groups is 1. The Morgan fingerprint density at radius 1 is 0.871 bits per heavy atom. The molecule has 1 atom stereocenters. The lowest BCUT2D eigenvalue weighted by Crippen LogP contribution is -2.37. The van der Waals surface area contributed by atoms with E-state index in [-0.39, 0.29) is 12.0 Å². The van der Waals surface area contributed by atoms with Gasteiger partial charge in [-0.05, 0) is 29.7 Å². The van der Waals surface area contributed by atoms with Gasteiger partial charge in [0.25, 0.3) is 0 Å². The SMILES string of the molecule is O=C1CN(CCc2ccccc2)CC(OCc2ccccn2)CN1Cc1ccccc1. The number of ether oxygens (including phenoxy) is 1. The van der Waals surface area contributed by atoms with Crippen LogP contribution in [0.3, 0.4) is 0 Å². The average Bonchev–Trinajstić information content (AvgIpc) is 2.96. The molecule has 1 aliphatic rings. The quantitative estimate of drug-likeness (QED) is 0.564. The lowest BCUT2D eigenvalue weighted by atomic mass is 10.1. The Bertz CT molecular complexity index is 935. The van der Waals surface area contributed by atoms with Crippen LogP contribution >= 0.6 is 0 Å². The lowest BCUT2D eigenvalue weighted by molar-refractivity contribution is -0.132. The van der Waals surface area contributed by atoms with E-state index in [4.69, 9.17) is 4.74 Å². The van der Waals surface area contributed by atoms with Crippen molar-refractivity contribution in [3.63, 3.8) is 0 Å². The molecule has 31 heavy (non-hydrogen) atoms. The Morgan fingerprint density at radius 3 is 2.29 bits per heavy atom. The van der Waals surface area contributed by atoms with E-state index in [1.54, 1.807) is 6.20 Å². The normalized spacial score (nSPS) is 17.5. The number of amides is 1. The Hall–Kier alpha value is -3.02. The van der Waals surface area contributed by atoms with E-state index in [9.17, 15) is 4.79 Å². The molecular formula is C26H29N3O2. The molecule has 0 spiro atoms. The predicted molar refractivity (Wildman–Crippen MR) is 121 cm³/mol. The van der Waals surface area contributed by atoms with Crippen molar-refractivity contribution in [2.24, 2.45) is 0 Å². The van der Waals surface area contributed by atoms with Gasteiger partial charge in [-0.3, -0.25) is 14.7 Å². The van der Waals surface area contributed by atoms with Gasteiger partial charge < -0.3 is 9.64 Å². The second-order valence-corrected chi connectivity index (χ2v) is 7.98. The Labute approximate surface area is 184 Å². The maximum atomic E-state index is 13.1. The minimum atomic E-state index is -0.0621. The first-order chi connectivity index (χ1) is 15.3.